The number of nitrogens with one attached hydrogen (secondary N) is 1. The van der Waals surface area contributed by atoms with Gasteiger partial charge in [-0.15, -0.1) is 10.2 Å². The zero-order valence-electron chi connectivity index (χ0n) is 13.4. The van der Waals surface area contributed by atoms with Crippen molar-refractivity contribution < 1.29 is 4.79 Å². The summed E-state index contributed by atoms with van der Waals surface area (Å²) in [6.07, 6.45) is 0. The summed E-state index contributed by atoms with van der Waals surface area (Å²) in [7, 11) is 0. The number of carbonyl (C=O) groups is 1. The molecule has 0 aliphatic heterocycles. The fraction of sp³-hybridized carbons (Fsp3) is 0.0625. The number of nitrogens with zero attached hydrogens (tertiary/aromatic N) is 3. The van der Waals surface area contributed by atoms with Crippen LogP contribution in [0.25, 0.3) is 11.4 Å². The number of benzene rings is 2. The highest BCUT2D eigenvalue weighted by molar-refractivity contribution is 7.99. The molecule has 0 fully saturated rings. The number of hydrogen-bond donors (Lipinski definition) is 2. The molecule has 140 valence electrons. The lowest BCUT2D eigenvalue weighted by atomic mass is 10.2. The first kappa shape index (κ1) is 20.1. The van der Waals surface area contributed by atoms with E-state index in [9.17, 15) is 4.79 Å². The lowest BCUT2D eigenvalue weighted by Gasteiger charge is -2.08. The summed E-state index contributed by atoms with van der Waals surface area (Å²) >= 11 is 25.2. The minimum Gasteiger partial charge on any atom is -0.335 e. The van der Waals surface area contributed by atoms with Crippen molar-refractivity contribution in [2.24, 2.45) is 0 Å². The highest BCUT2D eigenvalue weighted by Gasteiger charge is 2.17. The highest BCUT2D eigenvalue weighted by Crippen LogP contribution is 2.30. The van der Waals surface area contributed by atoms with E-state index in [1.807, 2.05) is 0 Å². The number of thioether (sulfide) groups is 1. The summed E-state index contributed by atoms with van der Waals surface area (Å²) in [4.78, 5) is 12.2. The molecule has 0 atom stereocenters. The molecule has 1 aromatic heterocycles. The van der Waals surface area contributed by atoms with Crippen molar-refractivity contribution >= 4 is 69.8 Å². The van der Waals surface area contributed by atoms with Crippen LogP contribution in [-0.4, -0.2) is 26.5 Å². The van der Waals surface area contributed by atoms with Gasteiger partial charge in [-0.2, -0.15) is 0 Å². The normalized spacial score (nSPS) is 10.8. The van der Waals surface area contributed by atoms with E-state index in [1.165, 1.54) is 4.68 Å². The molecule has 1 heterocycles. The van der Waals surface area contributed by atoms with Gasteiger partial charge < -0.3 is 11.2 Å². The number of halogens is 4. The van der Waals surface area contributed by atoms with Gasteiger partial charge >= 0.3 is 0 Å². The molecular formula is C16H11Cl4N5OS. The predicted molar refractivity (Wildman–Crippen MR) is 111 cm³/mol. The Morgan fingerprint density at radius 1 is 1.04 bits per heavy atom. The van der Waals surface area contributed by atoms with Gasteiger partial charge in [0.25, 0.3) is 0 Å². The molecule has 2 aromatic carbocycles. The van der Waals surface area contributed by atoms with Gasteiger partial charge in [-0.3, -0.25) is 4.79 Å². The fourth-order valence-corrected chi connectivity index (χ4v) is 3.51. The Hall–Kier alpha value is -1.64. The quantitative estimate of drug-likeness (QED) is 0.411. The van der Waals surface area contributed by atoms with Crippen molar-refractivity contribution in [1.82, 2.24) is 14.9 Å². The SMILES string of the molecule is Nn1c(SCC(=O)Nc2cc(Cl)ccc2Cl)nnc1-c1cc(Cl)ccc1Cl. The van der Waals surface area contributed by atoms with Crippen LogP contribution in [0.3, 0.4) is 0 Å². The molecule has 3 rings (SSSR count). The molecule has 3 N–H and O–H groups in total. The maximum atomic E-state index is 12.2. The van der Waals surface area contributed by atoms with E-state index < -0.39 is 0 Å². The highest BCUT2D eigenvalue weighted by atomic mass is 35.5. The lowest BCUT2D eigenvalue weighted by molar-refractivity contribution is -0.113. The number of nitrogens with two attached hydrogens (primary N) is 1. The summed E-state index contributed by atoms with van der Waals surface area (Å²) in [5.41, 5.74) is 0.969. The molecular weight excluding hydrogens is 452 g/mol. The Balaban J connectivity index is 1.70. The maximum Gasteiger partial charge on any atom is 0.234 e. The Bertz CT molecular complexity index is 1010. The van der Waals surface area contributed by atoms with E-state index in [0.29, 0.717) is 42.3 Å². The molecule has 1 amide bonds. The van der Waals surface area contributed by atoms with Crippen molar-refractivity contribution in [3.8, 4) is 11.4 Å². The number of hydrogen-bond acceptors (Lipinski definition) is 5. The summed E-state index contributed by atoms with van der Waals surface area (Å²) in [5, 5.41) is 12.8. The van der Waals surface area contributed by atoms with Gasteiger partial charge in [0.05, 0.1) is 21.5 Å². The Labute approximate surface area is 178 Å². The monoisotopic (exact) mass is 461 g/mol. The molecule has 0 spiro atoms. The first-order valence-electron chi connectivity index (χ1n) is 7.39. The molecule has 0 saturated carbocycles. The number of carbonyl (C=O) groups excluding carboxylic acids is 1. The zero-order chi connectivity index (χ0) is 19.6. The van der Waals surface area contributed by atoms with Crippen molar-refractivity contribution in [2.75, 3.05) is 16.9 Å². The summed E-state index contributed by atoms with van der Waals surface area (Å²) in [6.45, 7) is 0. The first-order chi connectivity index (χ1) is 12.8. The molecule has 3 aromatic rings. The van der Waals surface area contributed by atoms with Crippen LogP contribution < -0.4 is 11.2 Å². The van der Waals surface area contributed by atoms with Crippen molar-refractivity contribution in [1.29, 1.82) is 0 Å². The van der Waals surface area contributed by atoms with Gasteiger partial charge in [-0.05, 0) is 36.4 Å². The van der Waals surface area contributed by atoms with Crippen LogP contribution in [0.2, 0.25) is 20.1 Å². The molecule has 0 saturated heterocycles. The molecule has 6 nitrogen and oxygen atoms in total. The van der Waals surface area contributed by atoms with E-state index in [1.54, 1.807) is 36.4 Å². The van der Waals surface area contributed by atoms with Crippen LogP contribution in [0.4, 0.5) is 5.69 Å². The molecule has 11 heteroatoms. The predicted octanol–water partition coefficient (Wildman–Crippen LogP) is 5.00. The average molecular weight is 463 g/mol. The number of aromatic nitrogens is 3. The van der Waals surface area contributed by atoms with Gasteiger partial charge in [0, 0.05) is 15.6 Å². The largest absolute Gasteiger partial charge is 0.335 e. The van der Waals surface area contributed by atoms with Crippen molar-refractivity contribution in [3.05, 3.63) is 56.5 Å². The van der Waals surface area contributed by atoms with E-state index in [2.05, 4.69) is 15.5 Å². The van der Waals surface area contributed by atoms with Gasteiger partial charge in [0.2, 0.25) is 11.1 Å². The molecule has 0 aliphatic rings. The summed E-state index contributed by atoms with van der Waals surface area (Å²) in [5.74, 6) is 6.12. The van der Waals surface area contributed by atoms with E-state index in [0.717, 1.165) is 11.8 Å². The van der Waals surface area contributed by atoms with Crippen LogP contribution in [0, 0.1) is 0 Å². The van der Waals surface area contributed by atoms with E-state index in [-0.39, 0.29) is 11.7 Å². The summed E-state index contributed by atoms with van der Waals surface area (Å²) < 4.78 is 1.25. The van der Waals surface area contributed by atoms with Crippen LogP contribution in [0.15, 0.2) is 41.6 Å². The van der Waals surface area contributed by atoms with Crippen molar-refractivity contribution in [2.45, 2.75) is 5.16 Å². The second-order valence-electron chi connectivity index (χ2n) is 5.26. The second-order valence-corrected chi connectivity index (χ2v) is 7.89. The van der Waals surface area contributed by atoms with Gasteiger partial charge in [0.15, 0.2) is 5.82 Å². The first-order valence-corrected chi connectivity index (χ1v) is 9.88. The van der Waals surface area contributed by atoms with Gasteiger partial charge in [0.1, 0.15) is 0 Å². The maximum absolute atomic E-state index is 12.2. The number of amides is 1. The molecule has 0 unspecified atom stereocenters. The van der Waals surface area contributed by atoms with E-state index >= 15 is 0 Å². The van der Waals surface area contributed by atoms with Crippen LogP contribution in [0.1, 0.15) is 0 Å². The van der Waals surface area contributed by atoms with Gasteiger partial charge in [-0.25, -0.2) is 4.68 Å². The molecule has 0 radical (unpaired) electrons. The standard InChI is InChI=1S/C16H11Cl4N5OS/c17-8-1-3-11(19)10(5-8)15-23-24-16(25(15)21)27-7-14(26)22-13-6-9(18)2-4-12(13)20/h1-6H,7,21H2,(H,22,26). The minimum atomic E-state index is -0.297. The second kappa shape index (κ2) is 8.58. The van der Waals surface area contributed by atoms with E-state index in [4.69, 9.17) is 52.2 Å². The fourth-order valence-electron chi connectivity index (χ4n) is 2.14. The van der Waals surface area contributed by atoms with Gasteiger partial charge in [-0.1, -0.05) is 58.2 Å². The Kier molecular flexibility index (Phi) is 6.39. The van der Waals surface area contributed by atoms with Crippen LogP contribution in [0.5, 0.6) is 0 Å². The average Bonchev–Trinajstić information content (AvgIpc) is 2.99. The molecule has 27 heavy (non-hydrogen) atoms. The topological polar surface area (TPSA) is 85.8 Å². The summed E-state index contributed by atoms with van der Waals surface area (Å²) in [6, 6.07) is 9.74. The third-order valence-corrected chi connectivity index (χ3v) is 5.44. The Morgan fingerprint density at radius 3 is 2.44 bits per heavy atom. The molecule has 0 aliphatic carbocycles. The third kappa shape index (κ3) is 4.80. The number of anilines is 1. The molecule has 0 bridgehead atoms. The van der Waals surface area contributed by atoms with Crippen molar-refractivity contribution in [3.63, 3.8) is 0 Å². The van der Waals surface area contributed by atoms with Crippen LogP contribution >= 0.6 is 58.2 Å². The zero-order valence-corrected chi connectivity index (χ0v) is 17.3. The number of nitrogen functional groups attached to an aromatic ring is 1. The minimum absolute atomic E-state index is 0.0431. The van der Waals surface area contributed by atoms with Crippen LogP contribution in [-0.2, 0) is 4.79 Å². The third-order valence-electron chi connectivity index (χ3n) is 3.37. The smallest absolute Gasteiger partial charge is 0.234 e. The Morgan fingerprint density at radius 2 is 1.70 bits per heavy atom. The number of rotatable bonds is 5. The lowest BCUT2D eigenvalue weighted by Crippen LogP contribution is -2.16.